The van der Waals surface area contributed by atoms with Crippen LogP contribution < -0.4 is 10.6 Å². The summed E-state index contributed by atoms with van der Waals surface area (Å²) in [6, 6.07) is 5.30. The molecule has 2 heterocycles. The minimum Gasteiger partial charge on any atom is -0.338 e. The number of carbonyl (C=O) groups excluding carboxylic acids is 1. The molecule has 2 amide bonds. The second kappa shape index (κ2) is 5.69. The van der Waals surface area contributed by atoms with E-state index in [1.54, 1.807) is 0 Å². The van der Waals surface area contributed by atoms with Crippen LogP contribution in [0.4, 0.5) is 4.79 Å². The molecule has 0 aliphatic carbocycles. The van der Waals surface area contributed by atoms with Crippen molar-refractivity contribution in [3.05, 3.63) is 30.2 Å². The Kier molecular flexibility index (Phi) is 3.99. The van der Waals surface area contributed by atoms with Gasteiger partial charge in [-0.2, -0.15) is 0 Å². The van der Waals surface area contributed by atoms with E-state index in [4.69, 9.17) is 0 Å². The Morgan fingerprint density at radius 1 is 1.32 bits per heavy atom. The van der Waals surface area contributed by atoms with Crippen LogP contribution in [0.5, 0.6) is 0 Å². The standard InChI is InChI=1S/C13H19N5O/c1-9(2)8-14-13(19)15-10(3)12-17-16-11-6-4-5-7-18(11)12/h4-7,9-10H,8H2,1-3H3,(H2,14,15,19). The number of hydrogen-bond donors (Lipinski definition) is 2. The lowest BCUT2D eigenvalue weighted by Crippen LogP contribution is -2.39. The Morgan fingerprint density at radius 2 is 2.11 bits per heavy atom. The molecule has 2 rings (SSSR count). The van der Waals surface area contributed by atoms with E-state index in [-0.39, 0.29) is 12.1 Å². The molecule has 0 saturated carbocycles. The number of rotatable bonds is 4. The molecular weight excluding hydrogens is 242 g/mol. The number of carbonyl (C=O) groups is 1. The molecule has 0 radical (unpaired) electrons. The number of amides is 2. The highest BCUT2D eigenvalue weighted by Crippen LogP contribution is 2.11. The molecule has 2 N–H and O–H groups in total. The van der Waals surface area contributed by atoms with Crippen LogP contribution in [0.3, 0.4) is 0 Å². The fourth-order valence-corrected chi connectivity index (χ4v) is 1.76. The predicted octanol–water partition coefficient (Wildman–Crippen LogP) is 1.75. The summed E-state index contributed by atoms with van der Waals surface area (Å²) in [7, 11) is 0. The van der Waals surface area contributed by atoms with E-state index in [0.717, 1.165) is 11.5 Å². The molecule has 2 aromatic heterocycles. The normalized spacial score (nSPS) is 12.6. The number of urea groups is 1. The molecule has 0 aliphatic rings. The molecule has 102 valence electrons. The maximum atomic E-state index is 11.7. The fraction of sp³-hybridized carbons (Fsp3) is 0.462. The number of nitrogens with zero attached hydrogens (tertiary/aromatic N) is 3. The Balaban J connectivity index is 2.03. The van der Waals surface area contributed by atoms with Crippen molar-refractivity contribution in [2.45, 2.75) is 26.8 Å². The van der Waals surface area contributed by atoms with Crippen LogP contribution in [0.25, 0.3) is 5.65 Å². The van der Waals surface area contributed by atoms with Crippen molar-refractivity contribution in [1.82, 2.24) is 25.2 Å². The molecule has 0 bridgehead atoms. The van der Waals surface area contributed by atoms with Crippen molar-refractivity contribution in [2.75, 3.05) is 6.54 Å². The zero-order valence-corrected chi connectivity index (χ0v) is 11.4. The van der Waals surface area contributed by atoms with Crippen molar-refractivity contribution in [2.24, 2.45) is 5.92 Å². The number of aromatic nitrogens is 3. The van der Waals surface area contributed by atoms with Gasteiger partial charge in [-0.25, -0.2) is 4.79 Å². The minimum atomic E-state index is -0.204. The third-order valence-corrected chi connectivity index (χ3v) is 2.75. The summed E-state index contributed by atoms with van der Waals surface area (Å²) in [6.07, 6.45) is 1.88. The summed E-state index contributed by atoms with van der Waals surface area (Å²) in [5.41, 5.74) is 0.772. The molecule has 6 heteroatoms. The molecular formula is C13H19N5O. The second-order valence-electron chi connectivity index (χ2n) is 4.96. The van der Waals surface area contributed by atoms with E-state index in [1.165, 1.54) is 0 Å². The monoisotopic (exact) mass is 261 g/mol. The van der Waals surface area contributed by atoms with Gasteiger partial charge < -0.3 is 10.6 Å². The topological polar surface area (TPSA) is 71.3 Å². The summed E-state index contributed by atoms with van der Waals surface area (Å²) < 4.78 is 1.87. The van der Waals surface area contributed by atoms with Crippen LogP contribution >= 0.6 is 0 Å². The average Bonchev–Trinajstić information content (AvgIpc) is 2.80. The summed E-state index contributed by atoms with van der Waals surface area (Å²) in [6.45, 7) is 6.64. The highest BCUT2D eigenvalue weighted by atomic mass is 16.2. The first kappa shape index (κ1) is 13.3. The molecule has 19 heavy (non-hydrogen) atoms. The quantitative estimate of drug-likeness (QED) is 0.880. The lowest BCUT2D eigenvalue weighted by Gasteiger charge is -2.14. The van der Waals surface area contributed by atoms with Gasteiger partial charge in [0.25, 0.3) is 0 Å². The SMILES string of the molecule is CC(C)CNC(=O)NC(C)c1nnc2ccccn12. The largest absolute Gasteiger partial charge is 0.338 e. The van der Waals surface area contributed by atoms with E-state index >= 15 is 0 Å². The molecule has 0 aromatic carbocycles. The van der Waals surface area contributed by atoms with E-state index < -0.39 is 0 Å². The molecule has 0 aliphatic heterocycles. The first-order valence-corrected chi connectivity index (χ1v) is 6.42. The van der Waals surface area contributed by atoms with Crippen LogP contribution in [0.2, 0.25) is 0 Å². The van der Waals surface area contributed by atoms with Crippen LogP contribution in [-0.4, -0.2) is 27.2 Å². The third-order valence-electron chi connectivity index (χ3n) is 2.75. The Morgan fingerprint density at radius 3 is 2.84 bits per heavy atom. The van der Waals surface area contributed by atoms with Crippen LogP contribution in [-0.2, 0) is 0 Å². The predicted molar refractivity (Wildman–Crippen MR) is 72.8 cm³/mol. The van der Waals surface area contributed by atoms with E-state index in [0.29, 0.717) is 12.5 Å². The van der Waals surface area contributed by atoms with Gasteiger partial charge in [-0.15, -0.1) is 10.2 Å². The van der Waals surface area contributed by atoms with Gasteiger partial charge >= 0.3 is 6.03 Å². The summed E-state index contributed by atoms with van der Waals surface area (Å²) in [5.74, 6) is 1.14. The summed E-state index contributed by atoms with van der Waals surface area (Å²) in [5, 5.41) is 13.8. The zero-order valence-electron chi connectivity index (χ0n) is 11.4. The fourth-order valence-electron chi connectivity index (χ4n) is 1.76. The first-order chi connectivity index (χ1) is 9.08. The van der Waals surface area contributed by atoms with Gasteiger partial charge in [-0.1, -0.05) is 19.9 Å². The van der Waals surface area contributed by atoms with Gasteiger partial charge in [-0.3, -0.25) is 4.40 Å². The van der Waals surface area contributed by atoms with Gasteiger partial charge in [0.1, 0.15) is 0 Å². The van der Waals surface area contributed by atoms with E-state index in [2.05, 4.69) is 34.7 Å². The smallest absolute Gasteiger partial charge is 0.315 e. The van der Waals surface area contributed by atoms with Gasteiger partial charge in [-0.05, 0) is 25.0 Å². The minimum absolute atomic E-state index is 0.186. The van der Waals surface area contributed by atoms with E-state index in [1.807, 2.05) is 35.7 Å². The lowest BCUT2D eigenvalue weighted by molar-refractivity contribution is 0.236. The van der Waals surface area contributed by atoms with Gasteiger partial charge in [0, 0.05) is 12.7 Å². The molecule has 0 saturated heterocycles. The molecule has 1 atom stereocenters. The van der Waals surface area contributed by atoms with Crippen LogP contribution in [0.15, 0.2) is 24.4 Å². The molecule has 6 nitrogen and oxygen atoms in total. The number of pyridine rings is 1. The maximum absolute atomic E-state index is 11.7. The van der Waals surface area contributed by atoms with Gasteiger partial charge in [0.2, 0.25) is 0 Å². The lowest BCUT2D eigenvalue weighted by atomic mass is 10.2. The average molecular weight is 261 g/mol. The first-order valence-electron chi connectivity index (χ1n) is 6.42. The van der Waals surface area contributed by atoms with Crippen molar-refractivity contribution in [1.29, 1.82) is 0 Å². The Bertz CT molecular complexity index is 563. The van der Waals surface area contributed by atoms with Crippen molar-refractivity contribution < 1.29 is 4.79 Å². The van der Waals surface area contributed by atoms with Crippen LogP contribution in [0.1, 0.15) is 32.6 Å². The molecule has 2 aromatic rings. The second-order valence-corrected chi connectivity index (χ2v) is 4.96. The number of nitrogens with one attached hydrogen (secondary N) is 2. The number of fused-ring (bicyclic) bond motifs is 1. The Hall–Kier alpha value is -2.11. The maximum Gasteiger partial charge on any atom is 0.315 e. The highest BCUT2D eigenvalue weighted by Gasteiger charge is 2.15. The van der Waals surface area contributed by atoms with Crippen molar-refractivity contribution in [3.8, 4) is 0 Å². The third kappa shape index (κ3) is 3.21. The van der Waals surface area contributed by atoms with Gasteiger partial charge in [0.15, 0.2) is 11.5 Å². The zero-order chi connectivity index (χ0) is 13.8. The summed E-state index contributed by atoms with van der Waals surface area (Å²) >= 11 is 0. The summed E-state index contributed by atoms with van der Waals surface area (Å²) in [4.78, 5) is 11.7. The van der Waals surface area contributed by atoms with Crippen LogP contribution in [0, 0.1) is 5.92 Å². The molecule has 1 unspecified atom stereocenters. The number of hydrogen-bond acceptors (Lipinski definition) is 3. The van der Waals surface area contributed by atoms with Gasteiger partial charge in [0.05, 0.1) is 6.04 Å². The molecule has 0 fully saturated rings. The molecule has 0 spiro atoms. The Labute approximate surface area is 112 Å². The highest BCUT2D eigenvalue weighted by molar-refractivity contribution is 5.74. The van der Waals surface area contributed by atoms with Crippen molar-refractivity contribution >= 4 is 11.7 Å². The van der Waals surface area contributed by atoms with Crippen molar-refractivity contribution in [3.63, 3.8) is 0 Å². The van der Waals surface area contributed by atoms with E-state index in [9.17, 15) is 4.79 Å².